The third-order valence-electron chi connectivity index (χ3n) is 2.79. The SMILES string of the molecule is CCOc1ccc(NS(=O)(=O)N(C)CCCNC)cc1F. The lowest BCUT2D eigenvalue weighted by atomic mass is 10.3. The average Bonchev–Trinajstić information content (AvgIpc) is 2.42. The minimum Gasteiger partial charge on any atom is -0.491 e. The third kappa shape index (κ3) is 5.49. The number of rotatable bonds is 9. The number of hydrogen-bond donors (Lipinski definition) is 2. The van der Waals surface area contributed by atoms with Crippen molar-refractivity contribution in [1.29, 1.82) is 0 Å². The van der Waals surface area contributed by atoms with Crippen molar-refractivity contribution in [3.63, 3.8) is 0 Å². The second-order valence-electron chi connectivity index (χ2n) is 4.46. The van der Waals surface area contributed by atoms with E-state index < -0.39 is 16.0 Å². The molecule has 1 aromatic rings. The summed E-state index contributed by atoms with van der Waals surface area (Å²) in [5.74, 6) is -0.502. The quantitative estimate of drug-likeness (QED) is 0.676. The minimum atomic E-state index is -3.69. The molecule has 0 saturated heterocycles. The molecule has 0 aliphatic carbocycles. The highest BCUT2D eigenvalue weighted by atomic mass is 32.2. The van der Waals surface area contributed by atoms with E-state index in [9.17, 15) is 12.8 Å². The molecular formula is C13H22FN3O3S. The highest BCUT2D eigenvalue weighted by Crippen LogP contribution is 2.22. The van der Waals surface area contributed by atoms with E-state index in [2.05, 4.69) is 10.0 Å². The fraction of sp³-hybridized carbons (Fsp3) is 0.538. The smallest absolute Gasteiger partial charge is 0.301 e. The van der Waals surface area contributed by atoms with E-state index in [1.807, 2.05) is 0 Å². The van der Waals surface area contributed by atoms with Gasteiger partial charge in [0.25, 0.3) is 0 Å². The van der Waals surface area contributed by atoms with Gasteiger partial charge < -0.3 is 10.1 Å². The molecule has 0 aliphatic rings. The summed E-state index contributed by atoms with van der Waals surface area (Å²) in [6.07, 6.45) is 0.686. The van der Waals surface area contributed by atoms with E-state index >= 15 is 0 Å². The summed E-state index contributed by atoms with van der Waals surface area (Å²) in [6.45, 7) is 3.18. The molecule has 0 spiro atoms. The van der Waals surface area contributed by atoms with Crippen LogP contribution in [0.3, 0.4) is 0 Å². The number of halogens is 1. The summed E-state index contributed by atoms with van der Waals surface area (Å²) in [7, 11) is -0.411. The third-order valence-corrected chi connectivity index (χ3v) is 4.29. The van der Waals surface area contributed by atoms with E-state index in [0.29, 0.717) is 19.6 Å². The molecule has 0 saturated carbocycles. The van der Waals surface area contributed by atoms with E-state index in [0.717, 1.165) is 12.6 Å². The number of benzene rings is 1. The molecule has 21 heavy (non-hydrogen) atoms. The normalized spacial score (nSPS) is 11.7. The molecule has 8 heteroatoms. The number of hydrogen-bond acceptors (Lipinski definition) is 4. The lowest BCUT2D eigenvalue weighted by Crippen LogP contribution is -2.34. The van der Waals surface area contributed by atoms with Gasteiger partial charge in [-0.05, 0) is 39.1 Å². The summed E-state index contributed by atoms with van der Waals surface area (Å²) in [5, 5.41) is 2.94. The van der Waals surface area contributed by atoms with Crippen LogP contribution < -0.4 is 14.8 Å². The Hall–Kier alpha value is -1.38. The van der Waals surface area contributed by atoms with Gasteiger partial charge in [0, 0.05) is 19.7 Å². The summed E-state index contributed by atoms with van der Waals surface area (Å²) in [6, 6.07) is 3.97. The van der Waals surface area contributed by atoms with Gasteiger partial charge in [-0.15, -0.1) is 0 Å². The number of nitrogens with one attached hydrogen (secondary N) is 2. The average molecular weight is 319 g/mol. The lowest BCUT2D eigenvalue weighted by Gasteiger charge is -2.18. The molecule has 120 valence electrons. The van der Waals surface area contributed by atoms with Gasteiger partial charge in [0.05, 0.1) is 12.3 Å². The van der Waals surface area contributed by atoms with Gasteiger partial charge in [-0.3, -0.25) is 4.72 Å². The first-order chi connectivity index (χ1) is 9.90. The number of nitrogens with zero attached hydrogens (tertiary/aromatic N) is 1. The first-order valence-corrected chi connectivity index (χ1v) is 8.15. The van der Waals surface area contributed by atoms with Gasteiger partial charge in [0.15, 0.2) is 11.6 Å². The predicted octanol–water partition coefficient (Wildman–Crippen LogP) is 1.42. The maximum absolute atomic E-state index is 13.7. The van der Waals surface area contributed by atoms with Crippen LogP contribution in [0.2, 0.25) is 0 Å². The maximum Gasteiger partial charge on any atom is 0.301 e. The van der Waals surface area contributed by atoms with Gasteiger partial charge in [-0.1, -0.05) is 0 Å². The molecule has 0 heterocycles. The summed E-state index contributed by atoms with van der Waals surface area (Å²) < 4.78 is 46.4. The summed E-state index contributed by atoms with van der Waals surface area (Å²) >= 11 is 0. The van der Waals surface area contributed by atoms with Gasteiger partial charge in [0.2, 0.25) is 0 Å². The molecular weight excluding hydrogens is 297 g/mol. The maximum atomic E-state index is 13.7. The molecule has 0 unspecified atom stereocenters. The molecule has 1 aromatic carbocycles. The predicted molar refractivity (Wildman–Crippen MR) is 81.3 cm³/mol. The van der Waals surface area contributed by atoms with Crippen LogP contribution in [-0.4, -0.2) is 46.5 Å². The standard InChI is InChI=1S/C13H22FN3O3S/c1-4-20-13-7-6-11(10-12(13)14)16-21(18,19)17(3)9-5-8-15-2/h6-7,10,15-16H,4-5,8-9H2,1-3H3. The van der Waals surface area contributed by atoms with Gasteiger partial charge in [0.1, 0.15) is 0 Å². The second kappa shape index (κ2) is 8.16. The van der Waals surface area contributed by atoms with Crippen LogP contribution in [0, 0.1) is 5.82 Å². The van der Waals surface area contributed by atoms with Gasteiger partial charge >= 0.3 is 10.2 Å². The van der Waals surface area contributed by atoms with Crippen LogP contribution in [0.1, 0.15) is 13.3 Å². The largest absolute Gasteiger partial charge is 0.491 e. The van der Waals surface area contributed by atoms with Crippen LogP contribution in [0.5, 0.6) is 5.75 Å². The molecule has 0 bridgehead atoms. The zero-order valence-corrected chi connectivity index (χ0v) is 13.3. The van der Waals surface area contributed by atoms with Crippen molar-refractivity contribution in [2.24, 2.45) is 0 Å². The van der Waals surface area contributed by atoms with Crippen molar-refractivity contribution in [1.82, 2.24) is 9.62 Å². The monoisotopic (exact) mass is 319 g/mol. The Balaban J connectivity index is 2.72. The van der Waals surface area contributed by atoms with E-state index in [1.165, 1.54) is 23.5 Å². The van der Waals surface area contributed by atoms with Crippen LogP contribution >= 0.6 is 0 Å². The Bertz CT molecular complexity index is 552. The Kier molecular flexibility index (Phi) is 6.86. The Morgan fingerprint density at radius 1 is 1.38 bits per heavy atom. The van der Waals surface area contributed by atoms with Crippen molar-refractivity contribution >= 4 is 15.9 Å². The van der Waals surface area contributed by atoms with Crippen LogP contribution in [0.4, 0.5) is 10.1 Å². The lowest BCUT2D eigenvalue weighted by molar-refractivity contribution is 0.321. The van der Waals surface area contributed by atoms with Crippen molar-refractivity contribution in [2.75, 3.05) is 38.5 Å². The highest BCUT2D eigenvalue weighted by Gasteiger charge is 2.17. The molecule has 0 atom stereocenters. The Morgan fingerprint density at radius 3 is 2.67 bits per heavy atom. The van der Waals surface area contributed by atoms with Crippen LogP contribution in [-0.2, 0) is 10.2 Å². The van der Waals surface area contributed by atoms with E-state index in [1.54, 1.807) is 14.0 Å². The van der Waals surface area contributed by atoms with E-state index in [4.69, 9.17) is 4.74 Å². The molecule has 0 fully saturated rings. The minimum absolute atomic E-state index is 0.0998. The van der Waals surface area contributed by atoms with Crippen molar-refractivity contribution in [2.45, 2.75) is 13.3 Å². The van der Waals surface area contributed by atoms with E-state index in [-0.39, 0.29) is 11.4 Å². The van der Waals surface area contributed by atoms with Crippen molar-refractivity contribution in [3.8, 4) is 5.75 Å². The molecule has 0 aliphatic heterocycles. The van der Waals surface area contributed by atoms with Crippen molar-refractivity contribution < 1.29 is 17.5 Å². The Labute approximate surface area is 125 Å². The van der Waals surface area contributed by atoms with Crippen molar-refractivity contribution in [3.05, 3.63) is 24.0 Å². The summed E-state index contributed by atoms with van der Waals surface area (Å²) in [4.78, 5) is 0. The fourth-order valence-electron chi connectivity index (χ4n) is 1.66. The topological polar surface area (TPSA) is 70.7 Å². The van der Waals surface area contributed by atoms with Gasteiger partial charge in [-0.25, -0.2) is 4.39 Å². The molecule has 2 N–H and O–H groups in total. The zero-order chi connectivity index (χ0) is 15.9. The highest BCUT2D eigenvalue weighted by molar-refractivity contribution is 7.90. The molecule has 0 amide bonds. The first kappa shape index (κ1) is 17.7. The molecule has 0 radical (unpaired) electrons. The van der Waals surface area contributed by atoms with Crippen LogP contribution in [0.15, 0.2) is 18.2 Å². The number of ether oxygens (including phenoxy) is 1. The second-order valence-corrected chi connectivity index (χ2v) is 6.24. The molecule has 1 rings (SSSR count). The fourth-order valence-corrected chi connectivity index (χ4v) is 2.61. The number of anilines is 1. The molecule has 6 nitrogen and oxygen atoms in total. The summed E-state index contributed by atoms with van der Waals surface area (Å²) in [5.41, 5.74) is 0.163. The molecule has 0 aromatic heterocycles. The van der Waals surface area contributed by atoms with Crippen LogP contribution in [0.25, 0.3) is 0 Å². The Morgan fingerprint density at radius 2 is 2.10 bits per heavy atom. The van der Waals surface area contributed by atoms with Gasteiger partial charge in [-0.2, -0.15) is 12.7 Å². The zero-order valence-electron chi connectivity index (χ0n) is 12.5. The first-order valence-electron chi connectivity index (χ1n) is 6.71.